The van der Waals surface area contributed by atoms with Gasteiger partial charge in [-0.25, -0.2) is 0 Å². The molecule has 368 valence electrons. The van der Waals surface area contributed by atoms with Gasteiger partial charge in [-0.15, -0.1) is 0 Å². The minimum Gasteiger partial charge on any atom is -0.457 e. The Bertz CT molecular complexity index is 961. The highest BCUT2D eigenvalue weighted by Gasteiger charge is 2.44. The number of esters is 1. The standard InChI is InChI=1S/C53H102O9/c1-3-5-7-9-11-13-15-17-19-21-22-23-24-25-26-28-30-32-34-36-38-40-42-49(55)61-47(46-60-53-52(58)51(57)50(56)48(44-54)62-53)45-59-43-41-39-37-35-33-31-29-27-20-18-16-14-12-10-8-6-4-2/h20,27,47-48,50-54,56-58H,3-19,21-26,28-46H2,1-2H3/b27-20-. The second-order valence-corrected chi connectivity index (χ2v) is 18.7. The molecule has 0 saturated carbocycles. The Balaban J connectivity index is 2.17. The number of allylic oxidation sites excluding steroid dienone is 2. The van der Waals surface area contributed by atoms with Crippen molar-refractivity contribution < 1.29 is 44.2 Å². The number of carbonyl (C=O) groups is 1. The first-order valence-corrected chi connectivity index (χ1v) is 26.8. The molecule has 6 unspecified atom stereocenters. The van der Waals surface area contributed by atoms with Gasteiger partial charge in [-0.1, -0.05) is 225 Å². The molecule has 0 aromatic rings. The van der Waals surface area contributed by atoms with E-state index in [0.29, 0.717) is 13.0 Å². The van der Waals surface area contributed by atoms with Crippen LogP contribution in [0.3, 0.4) is 0 Å². The Hall–Kier alpha value is -1.07. The van der Waals surface area contributed by atoms with Crippen molar-refractivity contribution in [2.45, 2.75) is 295 Å². The lowest BCUT2D eigenvalue weighted by molar-refractivity contribution is -0.305. The van der Waals surface area contributed by atoms with Gasteiger partial charge < -0.3 is 39.4 Å². The zero-order valence-corrected chi connectivity index (χ0v) is 40.6. The predicted molar refractivity (Wildman–Crippen MR) is 256 cm³/mol. The molecule has 1 fully saturated rings. The molecule has 9 nitrogen and oxygen atoms in total. The first kappa shape index (κ1) is 58.9. The van der Waals surface area contributed by atoms with Crippen LogP contribution in [-0.4, -0.2) is 89.6 Å². The molecule has 1 aliphatic heterocycles. The molecule has 6 atom stereocenters. The molecule has 0 aromatic heterocycles. The second-order valence-electron chi connectivity index (χ2n) is 18.7. The third-order valence-corrected chi connectivity index (χ3v) is 12.7. The van der Waals surface area contributed by atoms with Gasteiger partial charge in [0.15, 0.2) is 6.29 Å². The summed E-state index contributed by atoms with van der Waals surface area (Å²) < 4.78 is 22.9. The molecular weight excluding hydrogens is 781 g/mol. The number of hydrogen-bond acceptors (Lipinski definition) is 9. The Morgan fingerprint density at radius 2 is 0.887 bits per heavy atom. The van der Waals surface area contributed by atoms with Gasteiger partial charge in [0.25, 0.3) is 0 Å². The van der Waals surface area contributed by atoms with Crippen LogP contribution >= 0.6 is 0 Å². The van der Waals surface area contributed by atoms with Gasteiger partial charge in [0.05, 0.1) is 19.8 Å². The first-order valence-electron chi connectivity index (χ1n) is 26.8. The van der Waals surface area contributed by atoms with E-state index in [1.54, 1.807) is 0 Å². The first-order chi connectivity index (χ1) is 30.4. The zero-order valence-electron chi connectivity index (χ0n) is 40.6. The van der Waals surface area contributed by atoms with E-state index in [1.807, 2.05) is 0 Å². The van der Waals surface area contributed by atoms with Gasteiger partial charge in [0.1, 0.15) is 30.5 Å². The summed E-state index contributed by atoms with van der Waals surface area (Å²) in [7, 11) is 0. The summed E-state index contributed by atoms with van der Waals surface area (Å²) in [6.45, 7) is 4.60. The third-order valence-electron chi connectivity index (χ3n) is 12.7. The van der Waals surface area contributed by atoms with Crippen LogP contribution in [0.15, 0.2) is 12.2 Å². The van der Waals surface area contributed by atoms with Crippen LogP contribution in [0.4, 0.5) is 0 Å². The van der Waals surface area contributed by atoms with Crippen molar-refractivity contribution >= 4 is 5.97 Å². The molecule has 0 amide bonds. The molecular formula is C53H102O9. The van der Waals surface area contributed by atoms with Crippen molar-refractivity contribution in [2.24, 2.45) is 0 Å². The van der Waals surface area contributed by atoms with E-state index < -0.39 is 43.4 Å². The monoisotopic (exact) mass is 883 g/mol. The molecule has 0 spiro atoms. The van der Waals surface area contributed by atoms with E-state index in [0.717, 1.165) is 32.1 Å². The van der Waals surface area contributed by atoms with E-state index >= 15 is 0 Å². The summed E-state index contributed by atoms with van der Waals surface area (Å²) in [5.41, 5.74) is 0. The van der Waals surface area contributed by atoms with Crippen LogP contribution in [0.1, 0.15) is 258 Å². The molecule has 62 heavy (non-hydrogen) atoms. The molecule has 0 aliphatic carbocycles. The lowest BCUT2D eigenvalue weighted by Crippen LogP contribution is -2.59. The van der Waals surface area contributed by atoms with Gasteiger partial charge in [-0.2, -0.15) is 0 Å². The zero-order chi connectivity index (χ0) is 45.0. The number of rotatable bonds is 47. The second kappa shape index (κ2) is 45.1. The maximum atomic E-state index is 12.8. The Labute approximate surface area is 382 Å². The smallest absolute Gasteiger partial charge is 0.306 e. The fourth-order valence-electron chi connectivity index (χ4n) is 8.49. The molecule has 1 rings (SSSR count). The Morgan fingerprint density at radius 3 is 1.31 bits per heavy atom. The van der Waals surface area contributed by atoms with Gasteiger partial charge in [0.2, 0.25) is 0 Å². The van der Waals surface area contributed by atoms with Crippen LogP contribution in [0.25, 0.3) is 0 Å². The lowest BCUT2D eigenvalue weighted by Gasteiger charge is -2.39. The fourth-order valence-corrected chi connectivity index (χ4v) is 8.49. The summed E-state index contributed by atoms with van der Waals surface area (Å²) in [6, 6.07) is 0. The highest BCUT2D eigenvalue weighted by Crippen LogP contribution is 2.23. The van der Waals surface area contributed by atoms with Crippen LogP contribution in [-0.2, 0) is 23.7 Å². The highest BCUT2D eigenvalue weighted by molar-refractivity contribution is 5.69. The van der Waals surface area contributed by atoms with E-state index in [4.69, 9.17) is 18.9 Å². The van der Waals surface area contributed by atoms with Crippen LogP contribution in [0, 0.1) is 0 Å². The summed E-state index contributed by atoms with van der Waals surface area (Å²) in [5, 5.41) is 40.3. The van der Waals surface area contributed by atoms with Crippen LogP contribution in [0.2, 0.25) is 0 Å². The van der Waals surface area contributed by atoms with Crippen molar-refractivity contribution in [2.75, 3.05) is 26.4 Å². The molecule has 1 heterocycles. The number of hydrogen-bond donors (Lipinski definition) is 4. The number of aliphatic hydroxyl groups excluding tert-OH is 4. The molecule has 1 aliphatic rings. The predicted octanol–water partition coefficient (Wildman–Crippen LogP) is 13.2. The highest BCUT2D eigenvalue weighted by atomic mass is 16.7. The van der Waals surface area contributed by atoms with Gasteiger partial charge in [-0.3, -0.25) is 4.79 Å². The third kappa shape index (κ3) is 35.2. The van der Waals surface area contributed by atoms with Gasteiger partial charge >= 0.3 is 5.97 Å². The minimum atomic E-state index is -1.53. The maximum absolute atomic E-state index is 12.8. The van der Waals surface area contributed by atoms with Crippen LogP contribution < -0.4 is 0 Å². The lowest BCUT2D eigenvalue weighted by atomic mass is 9.99. The molecule has 0 aromatic carbocycles. The van der Waals surface area contributed by atoms with Crippen molar-refractivity contribution in [1.82, 2.24) is 0 Å². The Kier molecular flexibility index (Phi) is 42.9. The quantitative estimate of drug-likeness (QED) is 0.0268. The summed E-state index contributed by atoms with van der Waals surface area (Å²) in [4.78, 5) is 12.8. The minimum absolute atomic E-state index is 0.110. The normalized spacial score (nSPS) is 19.7. The van der Waals surface area contributed by atoms with Crippen molar-refractivity contribution in [1.29, 1.82) is 0 Å². The topological polar surface area (TPSA) is 135 Å². The van der Waals surface area contributed by atoms with Crippen molar-refractivity contribution in [3.05, 3.63) is 12.2 Å². The van der Waals surface area contributed by atoms with Crippen molar-refractivity contribution in [3.63, 3.8) is 0 Å². The van der Waals surface area contributed by atoms with Gasteiger partial charge in [0, 0.05) is 13.0 Å². The number of carbonyl (C=O) groups excluding carboxylic acids is 1. The average Bonchev–Trinajstić information content (AvgIpc) is 3.27. The maximum Gasteiger partial charge on any atom is 0.306 e. The van der Waals surface area contributed by atoms with E-state index in [-0.39, 0.29) is 19.2 Å². The van der Waals surface area contributed by atoms with E-state index in [2.05, 4.69) is 26.0 Å². The number of aliphatic hydroxyl groups is 4. The molecule has 4 N–H and O–H groups in total. The number of unbranched alkanes of at least 4 members (excludes halogenated alkanes) is 34. The summed E-state index contributed by atoms with van der Waals surface area (Å²) in [5.74, 6) is -0.309. The molecule has 1 saturated heterocycles. The Morgan fingerprint density at radius 1 is 0.500 bits per heavy atom. The molecule has 0 bridgehead atoms. The fraction of sp³-hybridized carbons (Fsp3) is 0.943. The summed E-state index contributed by atoms with van der Waals surface area (Å²) in [6.07, 6.45) is 45.4. The van der Waals surface area contributed by atoms with E-state index in [1.165, 1.54) is 205 Å². The SMILES string of the molecule is CCCCCCCCC/C=C\CCCCCCCCOCC(COC1OC(CO)C(O)C(O)C1O)OC(=O)CCCCCCCCCCCCCCCCCCCCCCCC. The van der Waals surface area contributed by atoms with Gasteiger partial charge in [-0.05, 0) is 38.5 Å². The van der Waals surface area contributed by atoms with Crippen molar-refractivity contribution in [3.8, 4) is 0 Å². The summed E-state index contributed by atoms with van der Waals surface area (Å²) >= 11 is 0. The average molecular weight is 883 g/mol. The molecule has 9 heteroatoms. The van der Waals surface area contributed by atoms with Crippen LogP contribution in [0.5, 0.6) is 0 Å². The molecule has 0 radical (unpaired) electrons. The van der Waals surface area contributed by atoms with E-state index in [9.17, 15) is 25.2 Å². The number of ether oxygens (including phenoxy) is 4. The largest absolute Gasteiger partial charge is 0.457 e.